The Morgan fingerprint density at radius 2 is 1.78 bits per heavy atom. The molecule has 1 aliphatic heterocycles. The molecule has 0 aromatic rings. The van der Waals surface area contributed by atoms with E-state index in [1.807, 2.05) is 0 Å². The van der Waals surface area contributed by atoms with Crippen LogP contribution in [0.4, 0.5) is 8.78 Å². The van der Waals surface area contributed by atoms with E-state index in [-0.39, 0.29) is 38.3 Å². The monoisotopic (exact) mass is 332 g/mol. The third-order valence-electron chi connectivity index (χ3n) is 5.16. The van der Waals surface area contributed by atoms with Crippen LogP contribution in [-0.2, 0) is 9.59 Å². The van der Waals surface area contributed by atoms with Crippen LogP contribution in [0.1, 0.15) is 57.8 Å². The predicted octanol–water partition coefficient (Wildman–Crippen LogP) is 1.82. The molecule has 1 heterocycles. The number of primary amides is 1. The summed E-state index contributed by atoms with van der Waals surface area (Å²) < 4.78 is 29.2. The van der Waals surface area contributed by atoms with E-state index >= 15 is 0 Å². The average molecular weight is 332 g/mol. The molecule has 1 aliphatic carbocycles. The Hall–Kier alpha value is -1.24. The van der Waals surface area contributed by atoms with Crippen molar-refractivity contribution in [3.63, 3.8) is 0 Å². The van der Waals surface area contributed by atoms with Crippen molar-refractivity contribution in [2.45, 2.75) is 69.3 Å². The minimum Gasteiger partial charge on any atom is -0.383 e. The van der Waals surface area contributed by atoms with E-state index < -0.39 is 23.3 Å². The normalized spacial score (nSPS) is 25.7. The van der Waals surface area contributed by atoms with Crippen LogP contribution in [0.2, 0.25) is 0 Å². The van der Waals surface area contributed by atoms with Crippen molar-refractivity contribution in [3.8, 4) is 0 Å². The van der Waals surface area contributed by atoms with Crippen LogP contribution in [0.5, 0.6) is 0 Å². The summed E-state index contributed by atoms with van der Waals surface area (Å²) in [6, 6.07) is 0. The van der Waals surface area contributed by atoms with Gasteiger partial charge in [0, 0.05) is 19.5 Å². The molecule has 23 heavy (non-hydrogen) atoms. The van der Waals surface area contributed by atoms with E-state index in [1.54, 1.807) is 0 Å². The number of halogens is 2. The molecule has 2 amide bonds. The molecule has 1 saturated heterocycles. The molecule has 0 spiro atoms. The van der Waals surface area contributed by atoms with Crippen LogP contribution in [0.25, 0.3) is 0 Å². The smallest absolute Gasteiger partial charge is 0.352 e. The number of carbonyl (C=O) groups is 2. The quantitative estimate of drug-likeness (QED) is 0.824. The molecule has 7 heteroatoms. The zero-order chi connectivity index (χ0) is 17.1. The summed E-state index contributed by atoms with van der Waals surface area (Å²) in [5, 5.41) is 10.3. The second kappa shape index (κ2) is 7.11. The number of likely N-dealkylation sites (tertiary alicyclic amines) is 1. The molecule has 2 rings (SSSR count). The number of nitrogens with zero attached hydrogens (tertiary/aromatic N) is 1. The van der Waals surface area contributed by atoms with E-state index in [2.05, 4.69) is 0 Å². The molecular formula is C16H26F2N2O3. The summed E-state index contributed by atoms with van der Waals surface area (Å²) in [5.74, 6) is -5.40. The van der Waals surface area contributed by atoms with E-state index in [0.29, 0.717) is 32.1 Å². The van der Waals surface area contributed by atoms with Crippen molar-refractivity contribution in [1.82, 2.24) is 4.90 Å². The average Bonchev–Trinajstić information content (AvgIpc) is 2.72. The highest BCUT2D eigenvalue weighted by Gasteiger charge is 2.59. The summed E-state index contributed by atoms with van der Waals surface area (Å²) in [7, 11) is 0. The molecule has 132 valence electrons. The SMILES string of the molecule is NC(=O)CC1CCCN(C(=O)C(F)(F)C2(O)CCCCC2)CC1. The Labute approximate surface area is 135 Å². The van der Waals surface area contributed by atoms with Crippen molar-refractivity contribution < 1.29 is 23.5 Å². The molecule has 5 nitrogen and oxygen atoms in total. The van der Waals surface area contributed by atoms with Crippen molar-refractivity contribution in [3.05, 3.63) is 0 Å². The number of carbonyl (C=O) groups excluding carboxylic acids is 2. The first-order chi connectivity index (χ1) is 10.8. The third-order valence-corrected chi connectivity index (χ3v) is 5.16. The number of hydrogen-bond donors (Lipinski definition) is 2. The van der Waals surface area contributed by atoms with Crippen LogP contribution in [0.15, 0.2) is 0 Å². The second-order valence-corrected chi connectivity index (χ2v) is 6.93. The van der Waals surface area contributed by atoms with Gasteiger partial charge >= 0.3 is 5.92 Å². The maximum Gasteiger partial charge on any atom is 0.352 e. The number of aliphatic hydroxyl groups is 1. The highest BCUT2D eigenvalue weighted by atomic mass is 19.3. The van der Waals surface area contributed by atoms with Crippen molar-refractivity contribution in [1.29, 1.82) is 0 Å². The van der Waals surface area contributed by atoms with Gasteiger partial charge in [0.25, 0.3) is 5.91 Å². The Morgan fingerprint density at radius 1 is 1.13 bits per heavy atom. The summed E-state index contributed by atoms with van der Waals surface area (Å²) in [6.45, 7) is 0.419. The van der Waals surface area contributed by atoms with Crippen LogP contribution in [0, 0.1) is 5.92 Å². The van der Waals surface area contributed by atoms with Crippen molar-refractivity contribution >= 4 is 11.8 Å². The van der Waals surface area contributed by atoms with Gasteiger partial charge in [-0.15, -0.1) is 0 Å². The Kier molecular flexibility index (Phi) is 5.60. The van der Waals surface area contributed by atoms with Gasteiger partial charge in [0.2, 0.25) is 5.91 Å². The predicted molar refractivity (Wildman–Crippen MR) is 80.7 cm³/mol. The van der Waals surface area contributed by atoms with E-state index in [1.165, 1.54) is 0 Å². The van der Waals surface area contributed by atoms with Gasteiger partial charge in [0.05, 0.1) is 0 Å². The minimum absolute atomic E-state index is 0.0378. The van der Waals surface area contributed by atoms with E-state index in [4.69, 9.17) is 5.73 Å². The standard InChI is InChI=1S/C16H26F2N2O3/c17-16(18,15(23)7-2-1-3-8-15)14(22)20-9-4-5-12(6-10-20)11-13(19)21/h12,23H,1-11H2,(H2,19,21). The molecular weight excluding hydrogens is 306 g/mol. The van der Waals surface area contributed by atoms with Gasteiger partial charge in [-0.05, 0) is 38.0 Å². The Bertz CT molecular complexity index is 451. The van der Waals surface area contributed by atoms with Crippen LogP contribution in [0.3, 0.4) is 0 Å². The lowest BCUT2D eigenvalue weighted by atomic mass is 9.79. The number of nitrogens with two attached hydrogens (primary N) is 1. The molecule has 0 aromatic heterocycles. The first-order valence-corrected chi connectivity index (χ1v) is 8.44. The third kappa shape index (κ3) is 4.00. The van der Waals surface area contributed by atoms with Gasteiger partial charge in [0.1, 0.15) is 5.60 Å². The highest BCUT2D eigenvalue weighted by molar-refractivity contribution is 5.85. The molecule has 3 N–H and O–H groups in total. The summed E-state index contributed by atoms with van der Waals surface area (Å²) in [6.07, 6.45) is 3.74. The van der Waals surface area contributed by atoms with Crippen molar-refractivity contribution in [2.24, 2.45) is 11.7 Å². The summed E-state index contributed by atoms with van der Waals surface area (Å²) >= 11 is 0. The lowest BCUT2D eigenvalue weighted by molar-refractivity contribution is -0.209. The number of amides is 2. The molecule has 0 radical (unpaired) electrons. The van der Waals surface area contributed by atoms with E-state index in [9.17, 15) is 23.5 Å². The van der Waals surface area contributed by atoms with Gasteiger partial charge in [0.15, 0.2) is 0 Å². The maximum absolute atomic E-state index is 14.6. The van der Waals surface area contributed by atoms with Gasteiger partial charge < -0.3 is 15.7 Å². The fraction of sp³-hybridized carbons (Fsp3) is 0.875. The summed E-state index contributed by atoms with van der Waals surface area (Å²) in [5.41, 5.74) is 2.96. The maximum atomic E-state index is 14.6. The second-order valence-electron chi connectivity index (χ2n) is 6.93. The highest BCUT2D eigenvalue weighted by Crippen LogP contribution is 2.42. The summed E-state index contributed by atoms with van der Waals surface area (Å²) in [4.78, 5) is 24.5. The first-order valence-electron chi connectivity index (χ1n) is 8.44. The molecule has 1 atom stereocenters. The largest absolute Gasteiger partial charge is 0.383 e. The fourth-order valence-electron chi connectivity index (χ4n) is 3.71. The lowest BCUT2D eigenvalue weighted by Gasteiger charge is -2.39. The molecule has 0 aromatic carbocycles. The van der Waals surface area contributed by atoms with Crippen LogP contribution in [-0.4, -0.2) is 46.4 Å². The minimum atomic E-state index is -3.75. The number of hydrogen-bond acceptors (Lipinski definition) is 3. The Balaban J connectivity index is 2.02. The molecule has 2 aliphatic rings. The van der Waals surface area contributed by atoms with Crippen LogP contribution < -0.4 is 5.73 Å². The molecule has 0 bridgehead atoms. The Morgan fingerprint density at radius 3 is 2.39 bits per heavy atom. The lowest BCUT2D eigenvalue weighted by Crippen LogP contribution is -2.59. The van der Waals surface area contributed by atoms with Crippen LogP contribution >= 0.6 is 0 Å². The molecule has 1 saturated carbocycles. The molecule has 2 fully saturated rings. The zero-order valence-electron chi connectivity index (χ0n) is 13.4. The number of rotatable bonds is 4. The topological polar surface area (TPSA) is 83.6 Å². The van der Waals surface area contributed by atoms with Gasteiger partial charge in [-0.3, -0.25) is 9.59 Å². The van der Waals surface area contributed by atoms with Gasteiger partial charge in [-0.25, -0.2) is 0 Å². The fourth-order valence-corrected chi connectivity index (χ4v) is 3.71. The number of alkyl halides is 2. The van der Waals surface area contributed by atoms with Gasteiger partial charge in [-0.2, -0.15) is 8.78 Å². The molecule has 1 unspecified atom stereocenters. The van der Waals surface area contributed by atoms with Crippen molar-refractivity contribution in [2.75, 3.05) is 13.1 Å². The van der Waals surface area contributed by atoms with E-state index in [0.717, 1.165) is 11.3 Å². The van der Waals surface area contributed by atoms with Gasteiger partial charge in [-0.1, -0.05) is 19.3 Å². The first kappa shape index (κ1) is 18.1. The zero-order valence-corrected chi connectivity index (χ0v) is 13.4.